The number of aromatic amines is 2. The predicted molar refractivity (Wildman–Crippen MR) is 86.3 cm³/mol. The number of benzene rings is 2. The lowest BCUT2D eigenvalue weighted by atomic mass is 10.2. The Labute approximate surface area is 127 Å². The fourth-order valence-corrected chi connectivity index (χ4v) is 3.40. The summed E-state index contributed by atoms with van der Waals surface area (Å²) < 4.78 is 26.9. The van der Waals surface area contributed by atoms with Crippen molar-refractivity contribution in [1.82, 2.24) is 9.97 Å². The van der Waals surface area contributed by atoms with Gasteiger partial charge in [-0.2, -0.15) is 0 Å². The van der Waals surface area contributed by atoms with Gasteiger partial charge in [-0.1, -0.05) is 29.8 Å². The van der Waals surface area contributed by atoms with E-state index in [-0.39, 0.29) is 11.4 Å². The number of nitrogens with one attached hydrogen (secondary N) is 3. The van der Waals surface area contributed by atoms with E-state index in [0.717, 1.165) is 5.56 Å². The number of imidazole rings is 1. The molecule has 0 bridgehead atoms. The summed E-state index contributed by atoms with van der Waals surface area (Å²) in [6.07, 6.45) is 0. The Hall–Kier alpha value is -2.54. The fraction of sp³-hybridized carbons (Fsp3) is 0.133. The third-order valence-corrected chi connectivity index (χ3v) is 4.53. The minimum Gasteiger partial charge on any atom is -0.306 e. The molecule has 1 heterocycles. The van der Waals surface area contributed by atoms with Gasteiger partial charge in [0, 0.05) is 0 Å². The van der Waals surface area contributed by atoms with Crippen LogP contribution in [0.4, 0.5) is 5.69 Å². The molecule has 0 aliphatic heterocycles. The van der Waals surface area contributed by atoms with Crippen LogP contribution in [0.2, 0.25) is 0 Å². The average Bonchev–Trinajstić information content (AvgIpc) is 2.80. The van der Waals surface area contributed by atoms with Crippen LogP contribution >= 0.6 is 0 Å². The van der Waals surface area contributed by atoms with Gasteiger partial charge in [-0.25, -0.2) is 13.2 Å². The highest BCUT2D eigenvalue weighted by molar-refractivity contribution is 7.91. The molecule has 0 spiro atoms. The summed E-state index contributed by atoms with van der Waals surface area (Å²) >= 11 is 0. The molecule has 114 valence electrons. The van der Waals surface area contributed by atoms with Crippen molar-refractivity contribution in [1.29, 1.82) is 0 Å². The normalized spacial score (nSPS) is 11.7. The second-order valence-electron chi connectivity index (χ2n) is 5.19. The molecule has 0 amide bonds. The van der Waals surface area contributed by atoms with Crippen molar-refractivity contribution < 1.29 is 8.42 Å². The number of aromatic nitrogens is 2. The van der Waals surface area contributed by atoms with Crippen molar-refractivity contribution in [2.75, 3.05) is 4.72 Å². The smallest absolute Gasteiger partial charge is 0.306 e. The summed E-state index contributed by atoms with van der Waals surface area (Å²) in [5, 5.41) is 0. The van der Waals surface area contributed by atoms with Gasteiger partial charge >= 0.3 is 5.69 Å². The number of H-pyrrole nitrogens is 2. The van der Waals surface area contributed by atoms with Crippen LogP contribution in [0.15, 0.2) is 47.3 Å². The molecule has 0 atom stereocenters. The molecule has 0 saturated carbocycles. The van der Waals surface area contributed by atoms with E-state index in [4.69, 9.17) is 0 Å². The Kier molecular flexibility index (Phi) is 3.50. The first-order valence-electron chi connectivity index (χ1n) is 6.69. The zero-order valence-corrected chi connectivity index (χ0v) is 12.7. The Bertz CT molecular complexity index is 969. The number of rotatable bonds is 4. The molecule has 0 fully saturated rings. The van der Waals surface area contributed by atoms with Gasteiger partial charge in [0.2, 0.25) is 10.0 Å². The van der Waals surface area contributed by atoms with E-state index in [1.54, 1.807) is 30.3 Å². The quantitative estimate of drug-likeness (QED) is 0.688. The lowest BCUT2D eigenvalue weighted by molar-refractivity contribution is 0.600. The van der Waals surface area contributed by atoms with E-state index in [9.17, 15) is 13.2 Å². The van der Waals surface area contributed by atoms with Gasteiger partial charge in [0.05, 0.1) is 22.5 Å². The number of sulfonamides is 1. The molecule has 3 rings (SSSR count). The number of fused-ring (bicyclic) bond motifs is 1. The van der Waals surface area contributed by atoms with Gasteiger partial charge in [-0.15, -0.1) is 0 Å². The molecule has 1 aromatic heterocycles. The molecule has 0 saturated heterocycles. The molecule has 0 unspecified atom stereocenters. The Morgan fingerprint density at radius 2 is 1.68 bits per heavy atom. The first-order chi connectivity index (χ1) is 10.4. The highest BCUT2D eigenvalue weighted by atomic mass is 32.2. The number of anilines is 1. The molecule has 0 aliphatic carbocycles. The minimum atomic E-state index is -3.51. The first-order valence-corrected chi connectivity index (χ1v) is 8.35. The largest absolute Gasteiger partial charge is 0.323 e. The molecule has 3 aromatic rings. The maximum Gasteiger partial charge on any atom is 0.323 e. The lowest BCUT2D eigenvalue weighted by Gasteiger charge is -2.08. The van der Waals surface area contributed by atoms with E-state index in [1.807, 2.05) is 19.1 Å². The van der Waals surface area contributed by atoms with Crippen LogP contribution in [-0.4, -0.2) is 18.4 Å². The van der Waals surface area contributed by atoms with Crippen LogP contribution in [0.3, 0.4) is 0 Å². The van der Waals surface area contributed by atoms with Crippen molar-refractivity contribution in [2.24, 2.45) is 0 Å². The first kappa shape index (κ1) is 14.4. The maximum absolute atomic E-state index is 12.2. The Morgan fingerprint density at radius 3 is 2.41 bits per heavy atom. The number of hydrogen-bond acceptors (Lipinski definition) is 3. The van der Waals surface area contributed by atoms with Crippen LogP contribution < -0.4 is 10.4 Å². The predicted octanol–water partition coefficient (Wildman–Crippen LogP) is 2.11. The molecule has 0 aliphatic rings. The average molecular weight is 317 g/mol. The minimum absolute atomic E-state index is 0.102. The monoisotopic (exact) mass is 317 g/mol. The van der Waals surface area contributed by atoms with Crippen LogP contribution in [0.1, 0.15) is 11.1 Å². The molecular formula is C15H15N3O3S. The third kappa shape index (κ3) is 3.20. The van der Waals surface area contributed by atoms with Crippen molar-refractivity contribution in [3.8, 4) is 0 Å². The molecule has 22 heavy (non-hydrogen) atoms. The molecule has 3 N–H and O–H groups in total. The van der Waals surface area contributed by atoms with Crippen molar-refractivity contribution >= 4 is 26.7 Å². The van der Waals surface area contributed by atoms with Crippen LogP contribution in [0.5, 0.6) is 0 Å². The highest BCUT2D eigenvalue weighted by Gasteiger charge is 2.12. The molecular weight excluding hydrogens is 302 g/mol. The van der Waals surface area contributed by atoms with E-state index in [2.05, 4.69) is 14.7 Å². The molecule has 6 nitrogen and oxygen atoms in total. The zero-order chi connectivity index (χ0) is 15.7. The van der Waals surface area contributed by atoms with Crippen LogP contribution in [0, 0.1) is 6.92 Å². The fourth-order valence-electron chi connectivity index (χ4n) is 2.22. The molecule has 7 heteroatoms. The van der Waals surface area contributed by atoms with Gasteiger partial charge < -0.3 is 9.97 Å². The van der Waals surface area contributed by atoms with Gasteiger partial charge in [-0.3, -0.25) is 4.72 Å². The Balaban J connectivity index is 1.82. The van der Waals surface area contributed by atoms with Crippen molar-refractivity contribution in [3.05, 3.63) is 64.1 Å². The van der Waals surface area contributed by atoms with E-state index in [0.29, 0.717) is 22.3 Å². The van der Waals surface area contributed by atoms with E-state index in [1.165, 1.54) is 0 Å². The summed E-state index contributed by atoms with van der Waals surface area (Å²) in [5.74, 6) is -0.102. The summed E-state index contributed by atoms with van der Waals surface area (Å²) in [7, 11) is -3.51. The SMILES string of the molecule is Cc1ccc(CS(=O)(=O)Nc2ccc3[nH]c(=O)[nH]c3c2)cc1. The summed E-state index contributed by atoms with van der Waals surface area (Å²) in [5.41, 5.74) is 3.07. The topological polar surface area (TPSA) is 94.8 Å². The summed E-state index contributed by atoms with van der Waals surface area (Å²) in [6.45, 7) is 1.95. The Morgan fingerprint density at radius 1 is 1.00 bits per heavy atom. The maximum atomic E-state index is 12.2. The lowest BCUT2D eigenvalue weighted by Crippen LogP contribution is -2.15. The number of aryl methyl sites for hydroxylation is 1. The van der Waals surface area contributed by atoms with Crippen LogP contribution in [0.25, 0.3) is 11.0 Å². The summed E-state index contributed by atoms with van der Waals surface area (Å²) in [6, 6.07) is 12.2. The van der Waals surface area contributed by atoms with Gasteiger partial charge in [-0.05, 0) is 30.7 Å². The second kappa shape index (κ2) is 5.34. The number of hydrogen-bond donors (Lipinski definition) is 3. The van der Waals surface area contributed by atoms with Crippen molar-refractivity contribution in [3.63, 3.8) is 0 Å². The van der Waals surface area contributed by atoms with Gasteiger partial charge in [0.25, 0.3) is 0 Å². The van der Waals surface area contributed by atoms with Crippen molar-refractivity contribution in [2.45, 2.75) is 12.7 Å². The molecule has 0 radical (unpaired) electrons. The summed E-state index contributed by atoms with van der Waals surface area (Å²) in [4.78, 5) is 16.4. The molecule has 2 aromatic carbocycles. The van der Waals surface area contributed by atoms with Gasteiger partial charge in [0.1, 0.15) is 0 Å². The van der Waals surface area contributed by atoms with Crippen LogP contribution in [-0.2, 0) is 15.8 Å². The third-order valence-electron chi connectivity index (χ3n) is 3.27. The van der Waals surface area contributed by atoms with Gasteiger partial charge in [0.15, 0.2) is 0 Å². The second-order valence-corrected chi connectivity index (χ2v) is 6.91. The van der Waals surface area contributed by atoms with E-state index >= 15 is 0 Å². The highest BCUT2D eigenvalue weighted by Crippen LogP contribution is 2.17. The zero-order valence-electron chi connectivity index (χ0n) is 11.9. The van der Waals surface area contributed by atoms with E-state index < -0.39 is 10.0 Å². The standard InChI is InChI=1S/C15H15N3O3S/c1-10-2-4-11(5-3-10)9-22(20,21)18-12-6-7-13-14(8-12)17-15(19)16-13/h2-8,18H,9H2,1H3,(H2,16,17,19).